The molecule has 2 aromatic rings. The molecule has 4 rings (SSSR count). The summed E-state index contributed by atoms with van der Waals surface area (Å²) in [5, 5.41) is 8.64. The zero-order valence-electron chi connectivity index (χ0n) is 22.5. The summed E-state index contributed by atoms with van der Waals surface area (Å²) < 4.78 is 18.8. The minimum absolute atomic E-state index is 0.106. The molecular weight excluding hydrogens is 586 g/mol. The van der Waals surface area contributed by atoms with Crippen LogP contribution in [0.3, 0.4) is 0 Å². The predicted molar refractivity (Wildman–Crippen MR) is 161 cm³/mol. The van der Waals surface area contributed by atoms with Crippen molar-refractivity contribution in [2.75, 3.05) is 13.1 Å². The van der Waals surface area contributed by atoms with Gasteiger partial charge in [0.25, 0.3) is 0 Å². The Kier molecular flexibility index (Phi) is 12.9. The lowest BCUT2D eigenvalue weighted by Crippen LogP contribution is -2.53. The van der Waals surface area contributed by atoms with Gasteiger partial charge in [0.1, 0.15) is 0 Å². The number of hydrogen-bond acceptors (Lipinski definition) is 8. The fourth-order valence-electron chi connectivity index (χ4n) is 4.40. The summed E-state index contributed by atoms with van der Waals surface area (Å²) in [6.45, 7) is 4.09. The normalized spacial score (nSPS) is 18.2. The highest BCUT2D eigenvalue weighted by molar-refractivity contribution is 7.78. The summed E-state index contributed by atoms with van der Waals surface area (Å²) in [6, 6.07) is 5.53. The number of ketones is 1. The van der Waals surface area contributed by atoms with Crippen LogP contribution in [-0.2, 0) is 26.4 Å². The number of rotatable bonds is 11. The van der Waals surface area contributed by atoms with E-state index >= 15 is 0 Å². The second-order valence-corrected chi connectivity index (χ2v) is 11.7. The van der Waals surface area contributed by atoms with Crippen molar-refractivity contribution in [3.63, 3.8) is 0 Å². The van der Waals surface area contributed by atoms with Gasteiger partial charge in [-0.2, -0.15) is 0 Å². The average Bonchev–Trinajstić information content (AvgIpc) is 3.48. The van der Waals surface area contributed by atoms with Gasteiger partial charge in [0.15, 0.2) is 16.1 Å². The molecule has 1 aliphatic carbocycles. The van der Waals surface area contributed by atoms with Crippen molar-refractivity contribution in [3.8, 4) is 0 Å². The van der Waals surface area contributed by atoms with Gasteiger partial charge in [-0.05, 0) is 67.6 Å². The van der Waals surface area contributed by atoms with E-state index in [1.54, 1.807) is 42.0 Å². The number of amides is 2. The average molecular weight is 620 g/mol. The van der Waals surface area contributed by atoms with Crippen molar-refractivity contribution in [2.24, 2.45) is 5.73 Å². The first-order valence-electron chi connectivity index (χ1n) is 13.0. The van der Waals surface area contributed by atoms with Crippen molar-refractivity contribution >= 4 is 51.6 Å². The Labute approximate surface area is 251 Å². The minimum Gasteiger partial charge on any atom is -0.362 e. The maximum Gasteiger partial charge on any atom is 0.240 e. The predicted octanol–water partition coefficient (Wildman–Crippen LogP) is 3.55. The Morgan fingerprint density at radius 3 is 2.76 bits per heavy atom. The molecule has 220 valence electrons. The first-order valence-corrected chi connectivity index (χ1v) is 15.6. The van der Waals surface area contributed by atoms with Crippen molar-refractivity contribution in [1.82, 2.24) is 20.5 Å². The van der Waals surface area contributed by atoms with E-state index in [9.17, 15) is 18.6 Å². The molecule has 1 aliphatic heterocycles. The number of nitrogens with one attached hydrogen (secondary N) is 2. The van der Waals surface area contributed by atoms with Crippen molar-refractivity contribution < 1.29 is 23.1 Å². The molecule has 2 heterocycles. The summed E-state index contributed by atoms with van der Waals surface area (Å²) in [5.41, 5.74) is 8.55. The number of thiazole rings is 1. The van der Waals surface area contributed by atoms with Gasteiger partial charge < -0.3 is 25.8 Å². The molecule has 41 heavy (non-hydrogen) atoms. The fourth-order valence-corrected chi connectivity index (χ4v) is 5.63. The molecule has 10 nitrogen and oxygen atoms in total. The van der Waals surface area contributed by atoms with Crippen LogP contribution in [0, 0.1) is 0 Å². The van der Waals surface area contributed by atoms with Crippen LogP contribution < -0.4 is 16.4 Å². The molecule has 5 N–H and O–H groups in total. The van der Waals surface area contributed by atoms with E-state index in [0.29, 0.717) is 29.4 Å². The van der Waals surface area contributed by atoms with E-state index in [0.717, 1.165) is 36.1 Å². The summed E-state index contributed by atoms with van der Waals surface area (Å²) in [4.78, 5) is 43.5. The largest absolute Gasteiger partial charge is 0.362 e. The third-order valence-corrected chi connectivity index (χ3v) is 8.01. The molecule has 13 heteroatoms. The van der Waals surface area contributed by atoms with Gasteiger partial charge in [-0.25, -0.2) is 9.19 Å². The Balaban J connectivity index is 0.000000352. The summed E-state index contributed by atoms with van der Waals surface area (Å²) in [5.74, 6) is -0.675. The smallest absolute Gasteiger partial charge is 0.240 e. The third kappa shape index (κ3) is 10.3. The van der Waals surface area contributed by atoms with Crippen molar-refractivity contribution in [2.45, 2.75) is 49.9 Å². The molecule has 1 unspecified atom stereocenters. The summed E-state index contributed by atoms with van der Waals surface area (Å²) >= 11 is 5.08. The van der Waals surface area contributed by atoms with Crippen LogP contribution in [-0.4, -0.2) is 61.4 Å². The zero-order valence-corrected chi connectivity index (χ0v) is 24.9. The number of carbonyl (C=O) groups is 3. The number of carbonyl (C=O) groups excluding carboxylic acids is 3. The van der Waals surface area contributed by atoms with Gasteiger partial charge in [0.2, 0.25) is 17.6 Å². The quantitative estimate of drug-likeness (QED) is 0.220. The standard InChI is InChI=1S/C21H27N5O3S.C7H7ClO2S/c1-2-23-16-8-4-3-6-14(16)12-17(19(28)20-24-9-11-30-20)25-18(27)13-26-10-5-7-15(22)21(26)29;8-7-3-1-6(2-4-7)5-11(9)10/h2,4,8-9,11,15,17,23H,1,3,5-7,10,12-13,22H2,(H,25,27);1-4H,5H2,(H,9,10)/t15-,17-;/m0./s1. The summed E-state index contributed by atoms with van der Waals surface area (Å²) in [7, 11) is 0. The van der Waals surface area contributed by atoms with Crippen LogP contribution in [0.1, 0.15) is 47.5 Å². The monoisotopic (exact) mass is 619 g/mol. The Hall–Kier alpha value is -3.16. The maximum atomic E-state index is 13.0. The maximum absolute atomic E-state index is 13.0. The first-order chi connectivity index (χ1) is 19.7. The lowest BCUT2D eigenvalue weighted by atomic mass is 9.93. The van der Waals surface area contributed by atoms with Gasteiger partial charge >= 0.3 is 0 Å². The van der Waals surface area contributed by atoms with Crippen LogP contribution in [0.25, 0.3) is 0 Å². The van der Waals surface area contributed by atoms with E-state index in [2.05, 4.69) is 28.3 Å². The second-order valence-electron chi connectivity index (χ2n) is 9.43. The van der Waals surface area contributed by atoms with Crippen molar-refractivity contribution in [3.05, 3.63) is 87.6 Å². The van der Waals surface area contributed by atoms with Gasteiger partial charge in [0, 0.05) is 28.8 Å². The molecule has 0 radical (unpaired) electrons. The zero-order chi connectivity index (χ0) is 29.8. The minimum atomic E-state index is -1.77. The number of nitrogens with two attached hydrogens (primary N) is 1. The van der Waals surface area contributed by atoms with Gasteiger partial charge in [-0.3, -0.25) is 14.4 Å². The molecule has 1 fully saturated rings. The van der Waals surface area contributed by atoms with Gasteiger partial charge in [-0.1, -0.05) is 36.4 Å². The number of benzene rings is 1. The van der Waals surface area contributed by atoms with Crippen LogP contribution in [0.2, 0.25) is 5.02 Å². The van der Waals surface area contributed by atoms with Gasteiger partial charge in [-0.15, -0.1) is 11.3 Å². The van der Waals surface area contributed by atoms with E-state index < -0.39 is 23.2 Å². The van der Waals surface area contributed by atoms with E-state index in [1.165, 1.54) is 16.2 Å². The Bertz CT molecular complexity index is 1300. The molecule has 3 atom stereocenters. The highest BCUT2D eigenvalue weighted by atomic mass is 35.5. The highest BCUT2D eigenvalue weighted by Crippen LogP contribution is 2.24. The van der Waals surface area contributed by atoms with Crippen molar-refractivity contribution in [1.29, 1.82) is 0 Å². The molecule has 1 saturated heterocycles. The molecule has 0 bridgehead atoms. The van der Waals surface area contributed by atoms with E-state index in [4.69, 9.17) is 21.9 Å². The number of nitrogens with zero attached hydrogens (tertiary/aromatic N) is 2. The van der Waals surface area contributed by atoms with E-state index in [-0.39, 0.29) is 29.9 Å². The van der Waals surface area contributed by atoms with E-state index in [1.807, 2.05) is 6.08 Å². The molecular formula is C28H34ClN5O5S2. The Morgan fingerprint density at radius 1 is 1.34 bits per heavy atom. The van der Waals surface area contributed by atoms with Gasteiger partial charge in [0.05, 0.1) is 24.4 Å². The number of likely N-dealkylation sites (tertiary alicyclic amines) is 1. The first kappa shape index (κ1) is 32.4. The number of allylic oxidation sites excluding steroid dienone is 2. The molecule has 2 aliphatic rings. The van der Waals surface area contributed by atoms with Crippen LogP contribution in [0.15, 0.2) is 72.0 Å². The molecule has 0 spiro atoms. The lowest BCUT2D eigenvalue weighted by Gasteiger charge is -2.30. The van der Waals surface area contributed by atoms with Crippen LogP contribution in [0.4, 0.5) is 0 Å². The number of aromatic nitrogens is 1. The topological polar surface area (TPSA) is 155 Å². The second kappa shape index (κ2) is 16.3. The lowest BCUT2D eigenvalue weighted by molar-refractivity contribution is -0.139. The molecule has 1 aromatic heterocycles. The Morgan fingerprint density at radius 2 is 2.10 bits per heavy atom. The number of halogens is 1. The highest BCUT2D eigenvalue weighted by Gasteiger charge is 2.30. The SMILES string of the molecule is C=CNC1=C(C[C@H](NC(=O)CN2CCC[C@H](N)C2=O)C(=O)c2nccs2)CCC=C1.O=S(O)Cc1ccc(Cl)cc1. The number of Topliss-reactive ketones (excluding diaryl/α,β-unsaturated/α-hetero) is 1. The number of piperidine rings is 1. The third-order valence-electron chi connectivity index (χ3n) is 6.39. The molecule has 1 aromatic carbocycles. The fraction of sp³-hybridized carbons (Fsp3) is 0.357. The molecule has 2 amide bonds. The summed E-state index contributed by atoms with van der Waals surface area (Å²) in [6.07, 6.45) is 10.6. The number of hydrogen-bond donors (Lipinski definition) is 4. The van der Waals surface area contributed by atoms with Crippen LogP contribution in [0.5, 0.6) is 0 Å². The van der Waals surface area contributed by atoms with Crippen LogP contribution >= 0.6 is 22.9 Å². The molecule has 0 saturated carbocycles.